The van der Waals surface area contributed by atoms with Crippen LogP contribution in [0, 0.1) is 0 Å². The Morgan fingerprint density at radius 2 is 2.65 bits per heavy atom. The summed E-state index contributed by atoms with van der Waals surface area (Å²) in [5.74, 6) is -0.238. The standard InChI is InChI=1S/C9H14N4O4/c1-2-16-9(14)10-8-7-13(11-17-8)12-3-5-15-6-4-12/h7H,2-6H2,1H3/i1D3,2D2. The van der Waals surface area contributed by atoms with Gasteiger partial charge in [-0.1, -0.05) is 6.85 Å². The second-order valence-corrected chi connectivity index (χ2v) is 3.11. The predicted octanol–water partition coefficient (Wildman–Crippen LogP) is -1.69. The van der Waals surface area contributed by atoms with Gasteiger partial charge >= 0.3 is 5.88 Å². The van der Waals surface area contributed by atoms with Crippen molar-refractivity contribution in [2.45, 2.75) is 6.85 Å². The SMILES string of the molecule is [2H]C([2H])([2H])C([2H])([2H])OC([O-])=Nc1c[n+](N2CCOCC2)no1. The molecule has 0 atom stereocenters. The van der Waals surface area contributed by atoms with Crippen molar-refractivity contribution < 1.29 is 30.7 Å². The predicted molar refractivity (Wildman–Crippen MR) is 54.2 cm³/mol. The molecule has 0 amide bonds. The lowest BCUT2D eigenvalue weighted by molar-refractivity contribution is -0.759. The number of aliphatic imine (C=N–C) groups is 1. The molecule has 1 aromatic rings. The Hall–Kier alpha value is -1.83. The molecule has 0 unspecified atom stereocenters. The zero-order chi connectivity index (χ0) is 16.4. The van der Waals surface area contributed by atoms with Gasteiger partial charge in [-0.15, -0.1) is 5.01 Å². The van der Waals surface area contributed by atoms with Gasteiger partial charge in [0.2, 0.25) is 5.27 Å². The van der Waals surface area contributed by atoms with Crippen LogP contribution < -0.4 is 14.9 Å². The smallest absolute Gasteiger partial charge is 0.326 e. The fraction of sp³-hybridized carbons (Fsp3) is 0.667. The first-order chi connectivity index (χ1) is 10.2. The molecule has 1 aliphatic rings. The molecule has 2 heterocycles. The Labute approximate surface area is 105 Å². The minimum absolute atomic E-state index is 0.238. The molecule has 8 heteroatoms. The highest BCUT2D eigenvalue weighted by molar-refractivity contribution is 5.64. The maximum absolute atomic E-state index is 11.5. The lowest BCUT2D eigenvalue weighted by Gasteiger charge is -2.18. The number of nitrogens with zero attached hydrogens (tertiary/aromatic N) is 4. The second kappa shape index (κ2) is 5.48. The Kier molecular flexibility index (Phi) is 2.19. The van der Waals surface area contributed by atoms with Gasteiger partial charge in [-0.2, -0.15) is 4.99 Å². The molecule has 1 saturated heterocycles. The van der Waals surface area contributed by atoms with E-state index >= 15 is 0 Å². The van der Waals surface area contributed by atoms with Crippen molar-refractivity contribution in [1.29, 1.82) is 0 Å². The minimum atomic E-state index is -3.15. The third-order valence-corrected chi connectivity index (χ3v) is 2.06. The Morgan fingerprint density at radius 3 is 3.41 bits per heavy atom. The fourth-order valence-corrected chi connectivity index (χ4v) is 1.33. The van der Waals surface area contributed by atoms with Crippen molar-refractivity contribution >= 4 is 12.0 Å². The topological polar surface area (TPSA) is 87.0 Å². The average Bonchev–Trinajstić information content (AvgIpc) is 2.86. The quantitative estimate of drug-likeness (QED) is 0.360. The van der Waals surface area contributed by atoms with E-state index in [1.807, 2.05) is 0 Å². The number of rotatable bonds is 3. The van der Waals surface area contributed by atoms with Crippen molar-refractivity contribution in [3.8, 4) is 0 Å². The lowest BCUT2D eigenvalue weighted by atomic mass is 10.5. The van der Waals surface area contributed by atoms with Crippen LogP contribution in [0.1, 0.15) is 13.7 Å². The van der Waals surface area contributed by atoms with Crippen LogP contribution in [-0.2, 0) is 9.47 Å². The molecule has 0 saturated carbocycles. The van der Waals surface area contributed by atoms with Crippen LogP contribution in [0.2, 0.25) is 0 Å². The molecular formula is C9H14N4O4. The van der Waals surface area contributed by atoms with E-state index in [9.17, 15) is 5.11 Å². The average molecular weight is 247 g/mol. The molecular weight excluding hydrogens is 228 g/mol. The van der Waals surface area contributed by atoms with Gasteiger partial charge in [0.1, 0.15) is 0 Å². The summed E-state index contributed by atoms with van der Waals surface area (Å²) in [6, 6.07) is 0. The summed E-state index contributed by atoms with van der Waals surface area (Å²) in [7, 11) is 0. The van der Waals surface area contributed by atoms with Gasteiger partial charge in [0, 0.05) is 6.85 Å². The van der Waals surface area contributed by atoms with Crippen LogP contribution >= 0.6 is 0 Å². The number of hydrogen-bond acceptors (Lipinski definition) is 7. The summed E-state index contributed by atoms with van der Waals surface area (Å²) in [4.78, 5) is 4.64. The van der Waals surface area contributed by atoms with Crippen LogP contribution in [0.25, 0.3) is 0 Å². The first kappa shape index (κ1) is 6.80. The zero-order valence-corrected chi connectivity index (χ0v) is 8.83. The van der Waals surface area contributed by atoms with E-state index in [0.29, 0.717) is 26.3 Å². The molecule has 1 fully saturated rings. The number of ether oxygens (including phenoxy) is 2. The monoisotopic (exact) mass is 247 g/mol. The molecule has 17 heavy (non-hydrogen) atoms. The van der Waals surface area contributed by atoms with Gasteiger partial charge in [-0.05, 0) is 6.56 Å². The highest BCUT2D eigenvalue weighted by atomic mass is 16.6. The van der Waals surface area contributed by atoms with Gasteiger partial charge in [-0.25, -0.2) is 0 Å². The van der Waals surface area contributed by atoms with Crippen molar-refractivity contribution in [3.05, 3.63) is 6.20 Å². The molecule has 0 spiro atoms. The third-order valence-electron chi connectivity index (χ3n) is 2.06. The molecule has 0 aromatic carbocycles. The highest BCUT2D eigenvalue weighted by Gasteiger charge is 2.22. The highest BCUT2D eigenvalue weighted by Crippen LogP contribution is 2.06. The Morgan fingerprint density at radius 1 is 1.82 bits per heavy atom. The van der Waals surface area contributed by atoms with E-state index in [0.717, 1.165) is 0 Å². The molecule has 94 valence electrons. The molecule has 8 nitrogen and oxygen atoms in total. The Balaban J connectivity index is 2.04. The van der Waals surface area contributed by atoms with E-state index < -0.39 is 19.5 Å². The van der Waals surface area contributed by atoms with Crippen LogP contribution in [0.5, 0.6) is 0 Å². The molecule has 1 aliphatic heterocycles. The van der Waals surface area contributed by atoms with E-state index in [1.165, 1.54) is 11.0 Å². The van der Waals surface area contributed by atoms with Crippen LogP contribution in [0.3, 0.4) is 0 Å². The van der Waals surface area contributed by atoms with Crippen molar-refractivity contribution in [3.63, 3.8) is 0 Å². The van der Waals surface area contributed by atoms with Gasteiger partial charge in [0.05, 0.1) is 31.1 Å². The summed E-state index contributed by atoms with van der Waals surface area (Å²) in [6.45, 7) is -4.08. The maximum Gasteiger partial charge on any atom is 0.326 e. The van der Waals surface area contributed by atoms with Gasteiger partial charge in [-0.3, -0.25) is 4.52 Å². The van der Waals surface area contributed by atoms with Crippen molar-refractivity contribution in [2.75, 3.05) is 37.9 Å². The van der Waals surface area contributed by atoms with Crippen LogP contribution in [0.4, 0.5) is 5.88 Å². The minimum Gasteiger partial charge on any atom is -0.600 e. The van der Waals surface area contributed by atoms with Gasteiger partial charge in [0.15, 0.2) is 6.08 Å². The first-order valence-corrected chi connectivity index (χ1v) is 4.85. The summed E-state index contributed by atoms with van der Waals surface area (Å²) < 4.78 is 49.3. The summed E-state index contributed by atoms with van der Waals surface area (Å²) in [5, 5.41) is 16.9. The third kappa shape index (κ3) is 3.06. The van der Waals surface area contributed by atoms with E-state index in [1.54, 1.807) is 5.01 Å². The maximum atomic E-state index is 11.5. The molecule has 1 aromatic heterocycles. The normalized spacial score (nSPS) is 23.2. The Bertz CT molecular complexity index is 540. The van der Waals surface area contributed by atoms with Crippen LogP contribution in [0.15, 0.2) is 15.7 Å². The summed E-state index contributed by atoms with van der Waals surface area (Å²) in [5.41, 5.74) is 0. The van der Waals surface area contributed by atoms with E-state index in [2.05, 4.69) is 15.0 Å². The number of morpholine rings is 1. The molecule has 0 bridgehead atoms. The molecule has 0 N–H and O–H groups in total. The van der Waals surface area contributed by atoms with Crippen molar-refractivity contribution in [1.82, 2.24) is 5.27 Å². The second-order valence-electron chi connectivity index (χ2n) is 3.11. The van der Waals surface area contributed by atoms with E-state index in [-0.39, 0.29) is 5.88 Å². The summed E-state index contributed by atoms with van der Waals surface area (Å²) >= 11 is 0. The molecule has 0 aliphatic carbocycles. The van der Waals surface area contributed by atoms with Gasteiger partial charge in [0.25, 0.3) is 6.20 Å². The summed E-state index contributed by atoms with van der Waals surface area (Å²) in [6.07, 6.45) is -0.135. The number of aromatic nitrogens is 2. The number of hydrogen-bond donors (Lipinski definition) is 0. The zero-order valence-electron chi connectivity index (χ0n) is 13.8. The first-order valence-electron chi connectivity index (χ1n) is 7.35. The van der Waals surface area contributed by atoms with Crippen molar-refractivity contribution in [2.24, 2.45) is 4.99 Å². The van der Waals surface area contributed by atoms with Crippen LogP contribution in [-0.4, -0.2) is 44.2 Å². The fourth-order valence-electron chi connectivity index (χ4n) is 1.33. The largest absolute Gasteiger partial charge is 0.600 e. The van der Waals surface area contributed by atoms with Gasteiger partial charge < -0.3 is 14.6 Å². The molecule has 2 rings (SSSR count). The lowest BCUT2D eigenvalue weighted by Crippen LogP contribution is -2.62. The van der Waals surface area contributed by atoms with E-state index in [4.69, 9.17) is 16.1 Å². The molecule has 0 radical (unpaired) electrons.